The number of allylic oxidation sites excluding steroid dienone is 2. The van der Waals surface area contributed by atoms with Crippen molar-refractivity contribution >= 4 is 18.0 Å². The molecular formula is C9H7NO2S. The van der Waals surface area contributed by atoms with Gasteiger partial charge < -0.3 is 0 Å². The van der Waals surface area contributed by atoms with E-state index in [4.69, 9.17) is 9.78 Å². The smallest absolute Gasteiger partial charge is 0.260 e. The second-order valence-corrected chi connectivity index (χ2v) is 3.82. The van der Waals surface area contributed by atoms with Gasteiger partial charge in [-0.3, -0.25) is 4.99 Å². The van der Waals surface area contributed by atoms with Crippen molar-refractivity contribution in [3.63, 3.8) is 0 Å². The Kier molecular flexibility index (Phi) is 1.49. The van der Waals surface area contributed by atoms with Crippen LogP contribution >= 0.6 is 11.8 Å². The second-order valence-electron chi connectivity index (χ2n) is 2.92. The molecule has 0 aromatic heterocycles. The Labute approximate surface area is 79.7 Å². The van der Waals surface area contributed by atoms with Crippen molar-refractivity contribution in [1.29, 1.82) is 0 Å². The standard InChI is InChI=1S/C9H7NO2S/c1-2-8-7(6-13-5-4-10-8)9(3-1)11-12-9/h1-4,6H,5H2. The van der Waals surface area contributed by atoms with Gasteiger partial charge in [0, 0.05) is 12.0 Å². The lowest BCUT2D eigenvalue weighted by molar-refractivity contribution is 0.0850. The summed E-state index contributed by atoms with van der Waals surface area (Å²) < 4.78 is 0. The molecule has 2 heterocycles. The molecule has 0 saturated carbocycles. The van der Waals surface area contributed by atoms with E-state index in [0.717, 1.165) is 17.0 Å². The predicted molar refractivity (Wildman–Crippen MR) is 51.2 cm³/mol. The van der Waals surface area contributed by atoms with Crippen molar-refractivity contribution in [2.45, 2.75) is 5.79 Å². The van der Waals surface area contributed by atoms with Crippen molar-refractivity contribution in [2.24, 2.45) is 4.99 Å². The number of hydrogen-bond acceptors (Lipinski definition) is 4. The van der Waals surface area contributed by atoms with Crippen LogP contribution in [0.2, 0.25) is 0 Å². The first-order chi connectivity index (χ1) is 6.41. The van der Waals surface area contributed by atoms with E-state index in [1.165, 1.54) is 0 Å². The highest BCUT2D eigenvalue weighted by molar-refractivity contribution is 8.02. The Hall–Kier alpha value is -0.840. The summed E-state index contributed by atoms with van der Waals surface area (Å²) in [4.78, 5) is 14.3. The molecule has 66 valence electrons. The number of fused-ring (bicyclic) bond motifs is 2. The minimum absolute atomic E-state index is 0.612. The van der Waals surface area contributed by atoms with Crippen LogP contribution in [0, 0.1) is 0 Å². The van der Waals surface area contributed by atoms with Crippen LogP contribution in [0.5, 0.6) is 0 Å². The van der Waals surface area contributed by atoms with Crippen LogP contribution in [0.1, 0.15) is 0 Å². The molecule has 1 saturated heterocycles. The molecule has 0 N–H and O–H groups in total. The third-order valence-corrected chi connectivity index (χ3v) is 2.83. The molecule has 0 bridgehead atoms. The summed E-state index contributed by atoms with van der Waals surface area (Å²) >= 11 is 1.70. The molecule has 0 aromatic rings. The molecule has 13 heavy (non-hydrogen) atoms. The number of aliphatic imine (C=N–C) groups is 1. The second kappa shape index (κ2) is 2.57. The highest BCUT2D eigenvalue weighted by Gasteiger charge is 2.52. The van der Waals surface area contributed by atoms with Crippen LogP contribution in [0.4, 0.5) is 0 Å². The average molecular weight is 193 g/mol. The number of hydrogen-bond donors (Lipinski definition) is 0. The maximum absolute atomic E-state index is 4.98. The topological polar surface area (TPSA) is 37.4 Å². The zero-order valence-electron chi connectivity index (χ0n) is 6.77. The van der Waals surface area contributed by atoms with Gasteiger partial charge in [0.05, 0.1) is 11.3 Å². The van der Waals surface area contributed by atoms with Crippen molar-refractivity contribution in [3.05, 3.63) is 34.9 Å². The summed E-state index contributed by atoms with van der Waals surface area (Å²) in [5.41, 5.74) is 1.94. The zero-order valence-corrected chi connectivity index (χ0v) is 7.58. The van der Waals surface area contributed by atoms with Gasteiger partial charge in [-0.1, -0.05) is 6.08 Å². The summed E-state index contributed by atoms with van der Waals surface area (Å²) in [6.45, 7) is 0. The first kappa shape index (κ1) is 7.55. The van der Waals surface area contributed by atoms with E-state index >= 15 is 0 Å². The van der Waals surface area contributed by atoms with Crippen molar-refractivity contribution in [1.82, 2.24) is 0 Å². The molecule has 1 aliphatic carbocycles. The summed E-state index contributed by atoms with van der Waals surface area (Å²) in [7, 11) is 0. The first-order valence-electron chi connectivity index (χ1n) is 4.02. The fourth-order valence-electron chi connectivity index (χ4n) is 1.38. The Bertz CT molecular complexity index is 364. The van der Waals surface area contributed by atoms with Gasteiger partial charge in [0.2, 0.25) is 0 Å². The van der Waals surface area contributed by atoms with Crippen LogP contribution < -0.4 is 0 Å². The Morgan fingerprint density at radius 3 is 3.23 bits per heavy atom. The van der Waals surface area contributed by atoms with Gasteiger partial charge in [-0.15, -0.1) is 11.8 Å². The third kappa shape index (κ3) is 1.10. The van der Waals surface area contributed by atoms with Gasteiger partial charge in [-0.25, -0.2) is 0 Å². The molecule has 1 spiro atoms. The van der Waals surface area contributed by atoms with Gasteiger partial charge in [-0.2, -0.15) is 9.78 Å². The lowest BCUT2D eigenvalue weighted by Gasteiger charge is -2.10. The lowest BCUT2D eigenvalue weighted by atomic mass is 10.0. The first-order valence-corrected chi connectivity index (χ1v) is 5.07. The molecule has 3 rings (SSSR count). The van der Waals surface area contributed by atoms with Crippen molar-refractivity contribution in [3.8, 4) is 0 Å². The van der Waals surface area contributed by atoms with Crippen molar-refractivity contribution in [2.75, 3.05) is 5.75 Å². The number of nitrogens with zero attached hydrogens (tertiary/aromatic N) is 1. The highest BCUT2D eigenvalue weighted by atomic mass is 32.2. The van der Waals surface area contributed by atoms with Gasteiger partial charge in [0.1, 0.15) is 0 Å². The van der Waals surface area contributed by atoms with Crippen LogP contribution in [0.25, 0.3) is 0 Å². The molecular weight excluding hydrogens is 186 g/mol. The number of thioether (sulfide) groups is 1. The van der Waals surface area contributed by atoms with E-state index in [1.807, 2.05) is 24.4 Å². The van der Waals surface area contributed by atoms with E-state index in [1.54, 1.807) is 11.8 Å². The van der Waals surface area contributed by atoms with E-state index in [0.29, 0.717) is 0 Å². The summed E-state index contributed by atoms with van der Waals surface area (Å²) in [5, 5.41) is 2.05. The molecule has 3 nitrogen and oxygen atoms in total. The molecule has 0 atom stereocenters. The van der Waals surface area contributed by atoms with Crippen molar-refractivity contribution < 1.29 is 9.78 Å². The van der Waals surface area contributed by atoms with E-state index < -0.39 is 5.79 Å². The maximum atomic E-state index is 4.98. The fraction of sp³-hybridized carbons (Fsp3) is 0.222. The van der Waals surface area contributed by atoms with Gasteiger partial charge in [0.15, 0.2) is 0 Å². The average Bonchev–Trinajstić information content (AvgIpc) is 2.90. The number of rotatable bonds is 0. The largest absolute Gasteiger partial charge is 0.280 e. The molecule has 0 radical (unpaired) electrons. The highest BCUT2D eigenvalue weighted by Crippen LogP contribution is 2.45. The van der Waals surface area contributed by atoms with Gasteiger partial charge in [-0.05, 0) is 17.6 Å². The third-order valence-electron chi connectivity index (χ3n) is 2.09. The molecule has 0 amide bonds. The minimum atomic E-state index is -0.612. The van der Waals surface area contributed by atoms with E-state index in [2.05, 4.69) is 10.4 Å². The fourth-order valence-corrected chi connectivity index (χ4v) is 2.09. The van der Waals surface area contributed by atoms with E-state index in [9.17, 15) is 0 Å². The maximum Gasteiger partial charge on any atom is 0.280 e. The van der Waals surface area contributed by atoms with Crippen LogP contribution in [-0.2, 0) is 9.78 Å². The summed E-state index contributed by atoms with van der Waals surface area (Å²) in [6.07, 6.45) is 7.66. The SMILES string of the molecule is C1=CC2(OO2)C2=CSCC=NC2=C1. The Morgan fingerprint density at radius 1 is 1.46 bits per heavy atom. The molecule has 4 heteroatoms. The minimum Gasteiger partial charge on any atom is -0.260 e. The van der Waals surface area contributed by atoms with Crippen LogP contribution in [0.15, 0.2) is 39.9 Å². The lowest BCUT2D eigenvalue weighted by Crippen LogP contribution is -2.13. The quantitative estimate of drug-likeness (QED) is 0.435. The monoisotopic (exact) mass is 193 g/mol. The predicted octanol–water partition coefficient (Wildman–Crippen LogP) is 1.80. The molecule has 3 aliphatic rings. The summed E-state index contributed by atoms with van der Waals surface area (Å²) in [6, 6.07) is 0. The van der Waals surface area contributed by atoms with Gasteiger partial charge in [0.25, 0.3) is 5.79 Å². The molecule has 1 fully saturated rings. The van der Waals surface area contributed by atoms with Crippen LogP contribution in [0.3, 0.4) is 0 Å². The van der Waals surface area contributed by atoms with Gasteiger partial charge >= 0.3 is 0 Å². The molecule has 0 unspecified atom stereocenters. The van der Waals surface area contributed by atoms with Crippen LogP contribution in [-0.4, -0.2) is 17.8 Å². The zero-order chi connectivity index (χ0) is 8.73. The molecule has 2 aliphatic heterocycles. The molecule has 0 aromatic carbocycles. The Balaban J connectivity index is 2.10. The van der Waals surface area contributed by atoms with E-state index in [-0.39, 0.29) is 0 Å². The summed E-state index contributed by atoms with van der Waals surface area (Å²) in [5.74, 6) is 0.287. The normalized spacial score (nSPS) is 27.7. The Morgan fingerprint density at radius 2 is 2.38 bits per heavy atom.